The van der Waals surface area contributed by atoms with Crippen LogP contribution in [0.3, 0.4) is 0 Å². The first kappa shape index (κ1) is 26.5. The van der Waals surface area contributed by atoms with Crippen molar-refractivity contribution in [2.24, 2.45) is 5.92 Å². The Bertz CT molecular complexity index is 1030. The molecule has 0 radical (unpaired) electrons. The minimum Gasteiger partial charge on any atom is -0.481 e. The van der Waals surface area contributed by atoms with Crippen molar-refractivity contribution in [1.82, 2.24) is 4.90 Å². The van der Waals surface area contributed by atoms with Crippen molar-refractivity contribution in [3.8, 4) is 0 Å². The zero-order valence-corrected chi connectivity index (χ0v) is 19.4. The molecule has 0 aliphatic carbocycles. The molecular weight excluding hydrogens is 488 g/mol. The van der Waals surface area contributed by atoms with Gasteiger partial charge in [0.15, 0.2) is 0 Å². The van der Waals surface area contributed by atoms with Crippen molar-refractivity contribution in [3.63, 3.8) is 0 Å². The summed E-state index contributed by atoms with van der Waals surface area (Å²) in [6, 6.07) is 8.91. The van der Waals surface area contributed by atoms with Crippen molar-refractivity contribution in [3.05, 3.63) is 70.8 Å². The summed E-state index contributed by atoms with van der Waals surface area (Å²) in [5, 5.41) is 9.32. The quantitative estimate of drug-likeness (QED) is 0.427. The Morgan fingerprint density at radius 3 is 2.03 bits per heavy atom. The molecule has 0 bridgehead atoms. The monoisotopic (exact) mass is 515 g/mol. The third kappa shape index (κ3) is 6.03. The van der Waals surface area contributed by atoms with Crippen LogP contribution in [0.1, 0.15) is 66.4 Å². The van der Waals surface area contributed by atoms with Crippen molar-refractivity contribution < 1.29 is 41.0 Å². The van der Waals surface area contributed by atoms with Crippen LogP contribution in [0.25, 0.3) is 0 Å². The van der Waals surface area contributed by atoms with Gasteiger partial charge in [-0.05, 0) is 73.5 Å². The molecule has 4 nitrogen and oxygen atoms in total. The summed E-state index contributed by atoms with van der Waals surface area (Å²) in [4.78, 5) is 13.4. The second-order valence-electron chi connectivity index (χ2n) is 9.48. The van der Waals surface area contributed by atoms with E-state index in [4.69, 9.17) is 4.74 Å². The zero-order chi connectivity index (χ0) is 26.1. The number of benzene rings is 2. The lowest BCUT2D eigenvalue weighted by Gasteiger charge is -2.46. The largest absolute Gasteiger partial charge is 0.481 e. The summed E-state index contributed by atoms with van der Waals surface area (Å²) in [6.45, 7) is 0.956. The Labute approximate surface area is 204 Å². The summed E-state index contributed by atoms with van der Waals surface area (Å²) in [5.41, 5.74) is -0.317. The number of rotatable bonds is 6. The first-order valence-electron chi connectivity index (χ1n) is 11.9. The van der Waals surface area contributed by atoms with Crippen LogP contribution in [0.5, 0.6) is 0 Å². The van der Waals surface area contributed by atoms with Gasteiger partial charge in [0.1, 0.15) is 0 Å². The molecule has 10 heteroatoms. The molecule has 0 amide bonds. The summed E-state index contributed by atoms with van der Waals surface area (Å²) in [5.74, 6) is -1.12. The van der Waals surface area contributed by atoms with E-state index in [9.17, 15) is 36.2 Å². The highest BCUT2D eigenvalue weighted by atomic mass is 19.4. The smallest absolute Gasteiger partial charge is 0.416 e. The lowest BCUT2D eigenvalue weighted by atomic mass is 9.82. The minimum absolute atomic E-state index is 0.0597. The second-order valence-corrected chi connectivity index (χ2v) is 9.48. The molecule has 2 fully saturated rings. The third-order valence-corrected chi connectivity index (χ3v) is 7.09. The maximum Gasteiger partial charge on any atom is 0.416 e. The van der Waals surface area contributed by atoms with Gasteiger partial charge in [-0.3, -0.25) is 9.69 Å². The van der Waals surface area contributed by atoms with Crippen LogP contribution >= 0.6 is 0 Å². The molecule has 2 saturated heterocycles. The fourth-order valence-electron chi connectivity index (χ4n) is 5.38. The van der Waals surface area contributed by atoms with E-state index in [1.807, 2.05) is 0 Å². The average molecular weight is 515 g/mol. The van der Waals surface area contributed by atoms with Gasteiger partial charge in [-0.15, -0.1) is 0 Å². The number of piperidine rings is 1. The lowest BCUT2D eigenvalue weighted by molar-refractivity contribution is -0.139. The number of carboxylic acid groups (broad SMARTS) is 1. The number of carbonyl (C=O) groups is 1. The molecular formula is C26H27F6NO3. The van der Waals surface area contributed by atoms with Crippen LogP contribution in [-0.4, -0.2) is 35.2 Å². The number of nitrogens with zero attached hydrogens (tertiary/aromatic N) is 1. The molecule has 196 valence electrons. The van der Waals surface area contributed by atoms with Gasteiger partial charge in [0.2, 0.25) is 0 Å². The van der Waals surface area contributed by atoms with E-state index in [1.165, 1.54) is 24.3 Å². The predicted molar refractivity (Wildman–Crippen MR) is 119 cm³/mol. The molecule has 2 aliphatic heterocycles. The Balaban J connectivity index is 1.71. The van der Waals surface area contributed by atoms with Crippen LogP contribution in [0, 0.1) is 5.92 Å². The van der Waals surface area contributed by atoms with E-state index >= 15 is 0 Å². The van der Waals surface area contributed by atoms with Gasteiger partial charge >= 0.3 is 18.3 Å². The molecule has 1 N–H and O–H groups in total. The topological polar surface area (TPSA) is 49.8 Å². The fourth-order valence-corrected chi connectivity index (χ4v) is 5.38. The molecule has 4 rings (SSSR count). The van der Waals surface area contributed by atoms with Gasteiger partial charge in [-0.25, -0.2) is 0 Å². The molecule has 1 unspecified atom stereocenters. The maximum absolute atomic E-state index is 13.2. The van der Waals surface area contributed by atoms with Crippen LogP contribution in [0.15, 0.2) is 48.5 Å². The summed E-state index contributed by atoms with van der Waals surface area (Å²) in [6.07, 6.45) is -6.88. The number of ether oxygens (including phenoxy) is 1. The van der Waals surface area contributed by atoms with Crippen LogP contribution in [0.2, 0.25) is 0 Å². The lowest BCUT2D eigenvalue weighted by Crippen LogP contribution is -2.44. The van der Waals surface area contributed by atoms with E-state index in [2.05, 4.69) is 4.90 Å². The van der Waals surface area contributed by atoms with Crippen LogP contribution in [0.4, 0.5) is 26.3 Å². The fraction of sp³-hybridized carbons (Fsp3) is 0.500. The van der Waals surface area contributed by atoms with E-state index < -0.39 is 41.5 Å². The molecule has 36 heavy (non-hydrogen) atoms. The number of carboxylic acids is 1. The molecule has 0 aromatic heterocycles. The Kier molecular flexibility index (Phi) is 7.66. The zero-order valence-electron chi connectivity index (χ0n) is 19.4. The van der Waals surface area contributed by atoms with Gasteiger partial charge in [-0.2, -0.15) is 26.3 Å². The molecule has 0 spiro atoms. The normalized spacial score (nSPS) is 24.6. The molecule has 0 saturated carbocycles. The predicted octanol–water partition coefficient (Wildman–Crippen LogP) is 6.87. The Morgan fingerprint density at radius 1 is 0.944 bits per heavy atom. The average Bonchev–Trinajstić information content (AvgIpc) is 3.33. The summed E-state index contributed by atoms with van der Waals surface area (Å²) < 4.78 is 84.9. The maximum atomic E-state index is 13.2. The standard InChI is InChI=1S/C26H27F6NO3/c27-25(28,29)19-7-3-17(4-8-19)21-14-16(15-23(34)35)11-12-33(21)24(22-2-1-13-36-22)18-5-9-20(10-6-18)26(30,31)32/h3-10,16,21-22,24H,1-2,11-15H2,(H,34,35)/t16-,21+,22-,24?/m1/s1. The van der Waals surface area contributed by atoms with Crippen molar-refractivity contribution in [1.29, 1.82) is 0 Å². The molecule has 2 heterocycles. The highest BCUT2D eigenvalue weighted by Crippen LogP contribution is 2.45. The highest BCUT2D eigenvalue weighted by molar-refractivity contribution is 5.67. The van der Waals surface area contributed by atoms with Gasteiger partial charge in [0.05, 0.1) is 23.3 Å². The molecule has 2 aliphatic rings. The van der Waals surface area contributed by atoms with Crippen LogP contribution < -0.4 is 0 Å². The summed E-state index contributed by atoms with van der Waals surface area (Å²) >= 11 is 0. The number of aliphatic carboxylic acids is 1. The van der Waals surface area contributed by atoms with E-state index in [-0.39, 0.29) is 18.4 Å². The number of hydrogen-bond donors (Lipinski definition) is 1. The van der Waals surface area contributed by atoms with Crippen molar-refractivity contribution >= 4 is 5.97 Å². The number of likely N-dealkylation sites (tertiary alicyclic amines) is 1. The van der Waals surface area contributed by atoms with E-state index in [1.54, 1.807) is 0 Å². The third-order valence-electron chi connectivity index (χ3n) is 7.09. The minimum atomic E-state index is -4.49. The van der Waals surface area contributed by atoms with Crippen molar-refractivity contribution in [2.75, 3.05) is 13.2 Å². The van der Waals surface area contributed by atoms with Gasteiger partial charge < -0.3 is 9.84 Å². The number of halogens is 6. The second kappa shape index (κ2) is 10.4. The van der Waals surface area contributed by atoms with Crippen molar-refractivity contribution in [2.45, 2.75) is 62.6 Å². The first-order chi connectivity index (χ1) is 16.9. The van der Waals surface area contributed by atoms with Crippen LogP contribution in [-0.2, 0) is 21.9 Å². The molecule has 2 aromatic carbocycles. The Morgan fingerprint density at radius 2 is 1.53 bits per heavy atom. The number of hydrogen-bond acceptors (Lipinski definition) is 3. The first-order valence-corrected chi connectivity index (χ1v) is 11.9. The highest BCUT2D eigenvalue weighted by Gasteiger charge is 2.41. The van der Waals surface area contributed by atoms with Gasteiger partial charge in [0.25, 0.3) is 0 Å². The molecule has 2 aromatic rings. The summed E-state index contributed by atoms with van der Waals surface area (Å²) in [7, 11) is 0. The number of alkyl halides is 6. The van der Waals surface area contributed by atoms with E-state index in [0.717, 1.165) is 30.7 Å². The van der Waals surface area contributed by atoms with Gasteiger partial charge in [-0.1, -0.05) is 24.3 Å². The molecule has 4 atom stereocenters. The van der Waals surface area contributed by atoms with E-state index in [0.29, 0.717) is 43.5 Å². The van der Waals surface area contributed by atoms with Gasteiger partial charge in [0, 0.05) is 19.1 Å². The SMILES string of the molecule is O=C(O)C[C@@H]1CCN(C(c2ccc(C(F)(F)F)cc2)[C@H]2CCCO2)[C@H](c2ccc(C(F)(F)F)cc2)C1. The Hall–Kier alpha value is -2.59.